The van der Waals surface area contributed by atoms with E-state index in [4.69, 9.17) is 10.1 Å². The number of fused-ring (bicyclic) bond motifs is 1. The van der Waals surface area contributed by atoms with E-state index >= 15 is 0 Å². The fourth-order valence-corrected chi connectivity index (χ4v) is 2.95. The van der Waals surface area contributed by atoms with Crippen LogP contribution in [0.15, 0.2) is 42.9 Å². The molecule has 0 radical (unpaired) electrons. The Hall–Kier alpha value is -3.68. The highest BCUT2D eigenvalue weighted by Gasteiger charge is 2.13. The molecule has 3 rings (SSSR count). The third-order valence-corrected chi connectivity index (χ3v) is 4.52. The van der Waals surface area contributed by atoms with Crippen LogP contribution in [-0.4, -0.2) is 41.9 Å². The number of rotatable bonds is 8. The zero-order chi connectivity index (χ0) is 22.4. The summed E-state index contributed by atoms with van der Waals surface area (Å²) in [6.45, 7) is 7.27. The second kappa shape index (κ2) is 9.42. The van der Waals surface area contributed by atoms with Gasteiger partial charge in [-0.15, -0.1) is 0 Å². The first-order chi connectivity index (χ1) is 14.8. The first kappa shape index (κ1) is 22.0. The molecule has 3 aromatic rings. The van der Waals surface area contributed by atoms with Crippen molar-refractivity contribution in [3.05, 3.63) is 48.4 Å². The lowest BCUT2D eigenvalue weighted by Crippen LogP contribution is -2.19. The molecule has 0 aliphatic rings. The Morgan fingerprint density at radius 2 is 2.00 bits per heavy atom. The lowest BCUT2D eigenvalue weighted by molar-refractivity contribution is 0.416. The van der Waals surface area contributed by atoms with Gasteiger partial charge in [0.2, 0.25) is 5.95 Å². The summed E-state index contributed by atoms with van der Waals surface area (Å²) in [6.07, 6.45) is 6.59. The Labute approximate surface area is 182 Å². The Morgan fingerprint density at radius 3 is 2.68 bits per heavy atom. The average Bonchev–Trinajstić information content (AvgIpc) is 2.75. The van der Waals surface area contributed by atoms with Gasteiger partial charge < -0.3 is 26.1 Å². The predicted molar refractivity (Wildman–Crippen MR) is 127 cm³/mol. The average molecular weight is 420 g/mol. The van der Waals surface area contributed by atoms with Gasteiger partial charge in [-0.25, -0.2) is 15.0 Å². The van der Waals surface area contributed by atoms with E-state index in [2.05, 4.69) is 51.7 Å². The summed E-state index contributed by atoms with van der Waals surface area (Å²) in [5.41, 5.74) is 3.21. The summed E-state index contributed by atoms with van der Waals surface area (Å²) in [5.74, 6) is 1.80. The third-order valence-electron chi connectivity index (χ3n) is 4.52. The molecule has 0 fully saturated rings. The number of nitrogens with zero attached hydrogens (tertiary/aromatic N) is 3. The molecule has 0 saturated carbocycles. The van der Waals surface area contributed by atoms with Crippen LogP contribution in [0, 0.1) is 10.8 Å². The van der Waals surface area contributed by atoms with Gasteiger partial charge in [0.05, 0.1) is 12.8 Å². The van der Waals surface area contributed by atoms with Crippen molar-refractivity contribution < 1.29 is 4.74 Å². The van der Waals surface area contributed by atoms with Crippen LogP contribution in [0.4, 0.5) is 17.5 Å². The fourth-order valence-electron chi connectivity index (χ4n) is 2.95. The molecule has 0 unspecified atom stereocenters. The van der Waals surface area contributed by atoms with Crippen LogP contribution >= 0.6 is 0 Å². The molecule has 162 valence electrons. The van der Waals surface area contributed by atoms with E-state index < -0.39 is 0 Å². The van der Waals surface area contributed by atoms with E-state index in [9.17, 15) is 0 Å². The molecule has 2 heterocycles. The maximum Gasteiger partial charge on any atom is 0.227 e. The van der Waals surface area contributed by atoms with Crippen LogP contribution in [0.3, 0.4) is 0 Å². The van der Waals surface area contributed by atoms with Crippen LogP contribution in [0.5, 0.6) is 5.75 Å². The van der Waals surface area contributed by atoms with Crippen LogP contribution in [-0.2, 0) is 0 Å². The van der Waals surface area contributed by atoms with Crippen molar-refractivity contribution in [2.24, 2.45) is 5.41 Å². The van der Waals surface area contributed by atoms with E-state index in [1.807, 2.05) is 24.3 Å². The molecule has 0 spiro atoms. The summed E-state index contributed by atoms with van der Waals surface area (Å²) >= 11 is 0. The van der Waals surface area contributed by atoms with Gasteiger partial charge >= 0.3 is 0 Å². The molecule has 8 heteroatoms. The van der Waals surface area contributed by atoms with E-state index in [1.165, 1.54) is 6.21 Å². The van der Waals surface area contributed by atoms with Gasteiger partial charge in [-0.1, -0.05) is 26.8 Å². The molecule has 4 N–H and O–H groups in total. The van der Waals surface area contributed by atoms with Crippen molar-refractivity contribution >= 4 is 40.1 Å². The first-order valence-electron chi connectivity index (χ1n) is 10.0. The van der Waals surface area contributed by atoms with E-state index in [-0.39, 0.29) is 5.41 Å². The molecule has 2 aromatic heterocycles. The molecular formula is C23H29N7O. The maximum atomic E-state index is 7.61. The molecule has 0 saturated heterocycles. The summed E-state index contributed by atoms with van der Waals surface area (Å²) in [5, 5.41) is 18.1. The van der Waals surface area contributed by atoms with E-state index in [0.29, 0.717) is 11.7 Å². The van der Waals surface area contributed by atoms with E-state index in [0.717, 1.165) is 40.1 Å². The predicted octanol–water partition coefficient (Wildman–Crippen LogP) is 4.44. The monoisotopic (exact) mass is 419 g/mol. The second-order valence-electron chi connectivity index (χ2n) is 8.28. The standard InChI is InChI=1S/C23H29N7O/c1-23(2,3)14-28-21-20-16(8-9-26-21)13-27-22(30-20)29-18-7-6-15(10-19(18)31-5)17(11-24)12-25-4/h6-13,24-25H,14H2,1-5H3,(H,26,28)(H,27,29,30)/b17-12+,24-11?. The molecular weight excluding hydrogens is 390 g/mol. The van der Waals surface area contributed by atoms with Crippen molar-refractivity contribution in [3.8, 4) is 5.75 Å². The van der Waals surface area contributed by atoms with Gasteiger partial charge in [-0.2, -0.15) is 0 Å². The SMILES string of the molecule is CN/C=C(\C=N)c1ccc(Nc2ncc3ccnc(NCC(C)(C)C)c3n2)c(OC)c1. The van der Waals surface area contributed by atoms with Gasteiger partial charge in [0.1, 0.15) is 11.3 Å². The molecule has 0 aliphatic heterocycles. The highest BCUT2D eigenvalue weighted by Crippen LogP contribution is 2.30. The lowest BCUT2D eigenvalue weighted by atomic mass is 9.97. The lowest BCUT2D eigenvalue weighted by Gasteiger charge is -2.19. The molecule has 1 aromatic carbocycles. The minimum Gasteiger partial charge on any atom is -0.495 e. The minimum absolute atomic E-state index is 0.115. The number of hydrogen-bond acceptors (Lipinski definition) is 8. The van der Waals surface area contributed by atoms with Crippen molar-refractivity contribution in [1.29, 1.82) is 5.41 Å². The highest BCUT2D eigenvalue weighted by atomic mass is 16.5. The van der Waals surface area contributed by atoms with Crippen LogP contribution in [0.25, 0.3) is 16.5 Å². The Kier molecular flexibility index (Phi) is 6.69. The molecule has 0 atom stereocenters. The zero-order valence-corrected chi connectivity index (χ0v) is 18.6. The van der Waals surface area contributed by atoms with Gasteiger partial charge in [-0.05, 0) is 29.2 Å². The summed E-state index contributed by atoms with van der Waals surface area (Å²) < 4.78 is 5.55. The minimum atomic E-state index is 0.115. The number of methoxy groups -OCH3 is 1. The summed E-state index contributed by atoms with van der Waals surface area (Å²) in [6, 6.07) is 7.56. The number of pyridine rings is 1. The topological polar surface area (TPSA) is 108 Å². The van der Waals surface area contributed by atoms with Gasteiger partial charge in [-0.3, -0.25) is 0 Å². The number of hydrogen-bond donors (Lipinski definition) is 4. The molecule has 31 heavy (non-hydrogen) atoms. The van der Waals surface area contributed by atoms with E-state index in [1.54, 1.807) is 32.8 Å². The Bertz CT molecular complexity index is 1100. The maximum absolute atomic E-state index is 7.61. The van der Waals surface area contributed by atoms with Crippen molar-refractivity contribution in [1.82, 2.24) is 20.3 Å². The fraction of sp³-hybridized carbons (Fsp3) is 0.304. The number of ether oxygens (including phenoxy) is 1. The normalized spacial score (nSPS) is 11.8. The molecule has 0 bridgehead atoms. The second-order valence-corrected chi connectivity index (χ2v) is 8.28. The molecule has 0 aliphatic carbocycles. The Morgan fingerprint density at radius 1 is 1.19 bits per heavy atom. The Balaban J connectivity index is 1.92. The van der Waals surface area contributed by atoms with Gasteiger partial charge in [0.15, 0.2) is 5.82 Å². The number of aromatic nitrogens is 3. The third kappa shape index (κ3) is 5.48. The highest BCUT2D eigenvalue weighted by molar-refractivity contribution is 6.08. The van der Waals surface area contributed by atoms with Gasteiger partial charge in [0, 0.05) is 49.4 Å². The summed E-state index contributed by atoms with van der Waals surface area (Å²) in [7, 11) is 3.41. The van der Waals surface area contributed by atoms with Crippen molar-refractivity contribution in [2.45, 2.75) is 20.8 Å². The largest absolute Gasteiger partial charge is 0.495 e. The van der Waals surface area contributed by atoms with Crippen LogP contribution in [0.1, 0.15) is 26.3 Å². The number of benzene rings is 1. The van der Waals surface area contributed by atoms with Crippen LogP contribution < -0.4 is 20.7 Å². The number of allylic oxidation sites excluding steroid dienone is 1. The smallest absolute Gasteiger partial charge is 0.227 e. The number of nitrogens with one attached hydrogen (secondary N) is 4. The molecule has 8 nitrogen and oxygen atoms in total. The molecule has 0 amide bonds. The zero-order valence-electron chi connectivity index (χ0n) is 18.6. The van der Waals surface area contributed by atoms with Crippen molar-refractivity contribution in [3.63, 3.8) is 0 Å². The van der Waals surface area contributed by atoms with Gasteiger partial charge in [0.25, 0.3) is 0 Å². The number of anilines is 3. The quantitative estimate of drug-likeness (QED) is 0.400. The first-order valence-corrected chi connectivity index (χ1v) is 10.0. The van der Waals surface area contributed by atoms with Crippen LogP contribution in [0.2, 0.25) is 0 Å². The van der Waals surface area contributed by atoms with Crippen molar-refractivity contribution in [2.75, 3.05) is 31.3 Å². The summed E-state index contributed by atoms with van der Waals surface area (Å²) in [4.78, 5) is 13.6.